The highest BCUT2D eigenvalue weighted by atomic mass is 19.2. The van der Waals surface area contributed by atoms with Crippen molar-refractivity contribution in [3.05, 3.63) is 238 Å². The summed E-state index contributed by atoms with van der Waals surface area (Å²) in [6, 6.07) is 25.2. The molecule has 0 radical (unpaired) electrons. The minimum absolute atomic E-state index is 0.0414. The number of fused-ring (bicyclic) bond motifs is 4. The lowest BCUT2D eigenvalue weighted by atomic mass is 10.1. The number of allylic oxidation sites excluding steroid dienone is 2. The first-order valence-electron chi connectivity index (χ1n) is 44.4. The summed E-state index contributed by atoms with van der Waals surface area (Å²) in [5.74, 6) is -3.07. The van der Waals surface area contributed by atoms with Gasteiger partial charge < -0.3 is 100 Å². The van der Waals surface area contributed by atoms with Crippen molar-refractivity contribution in [2.45, 2.75) is 47.5 Å². The van der Waals surface area contributed by atoms with Crippen LogP contribution in [0, 0.1) is 60.4 Å². The maximum absolute atomic E-state index is 15.1. The van der Waals surface area contributed by atoms with Gasteiger partial charge in [-0.05, 0) is 122 Å². The Kier molecular flexibility index (Phi) is 28.9. The van der Waals surface area contributed by atoms with E-state index in [-0.39, 0.29) is 102 Å². The molecule has 0 atom stereocenters. The zero-order valence-corrected chi connectivity index (χ0v) is 76.1. The number of piperazine rings is 4. The van der Waals surface area contributed by atoms with Crippen molar-refractivity contribution in [1.82, 2.24) is 89.8 Å². The molecule has 138 heavy (non-hydrogen) atoms. The topological polar surface area (TPSA) is 364 Å². The number of ether oxygens (including phenoxy) is 4. The molecule has 0 saturated carbocycles. The van der Waals surface area contributed by atoms with Crippen LogP contribution >= 0.6 is 0 Å². The molecule has 4 saturated heterocycles. The lowest BCUT2D eigenvalue weighted by Gasteiger charge is -2.35. The third kappa shape index (κ3) is 22.1. The molecule has 712 valence electrons. The highest BCUT2D eigenvalue weighted by molar-refractivity contribution is 5.88. The Morgan fingerprint density at radius 1 is 0.377 bits per heavy atom. The zero-order valence-electron chi connectivity index (χ0n) is 76.1. The predicted molar refractivity (Wildman–Crippen MR) is 510 cm³/mol. The number of likely N-dealkylation sites (N-methyl/N-ethyl adjacent to an activating group) is 3. The van der Waals surface area contributed by atoms with Gasteiger partial charge in [-0.2, -0.15) is 9.97 Å². The number of hydrogen-bond donors (Lipinski definition) is 9. The van der Waals surface area contributed by atoms with Crippen molar-refractivity contribution in [3.63, 3.8) is 0 Å². The number of halogens is 8. The Labute approximate surface area is 786 Å². The number of aromatic nitrogens is 14. The van der Waals surface area contributed by atoms with E-state index in [1.54, 1.807) is 50.5 Å². The van der Waals surface area contributed by atoms with E-state index in [9.17, 15) is 35.9 Å². The fourth-order valence-electron chi connectivity index (χ4n) is 16.4. The number of pyridine rings is 4. The van der Waals surface area contributed by atoms with Gasteiger partial charge in [0.05, 0.1) is 58.6 Å². The normalized spacial score (nSPS) is 14.8. The SMILES string of the molecule is CC1=Cc2c(F)c(Oc3cc(Nc4ccc(N5CCN(C)CC5)cn4)ncn3)cc(F)c2C1.CC1=Cc2c(F)c(Oc3cc(Nc4ccc(N5CCNCC5)cn4)ncn3)cc(F)c2C1.CCN1CCN(c2ccc(Nc3ncnc(Oc4cc(F)c5[nH]c(C)cc5c4F)c3NC=O)nc2)CC1.Cc1cc2c(F)c(Oc3ncnc(Nc4ccc(N5CCN(C)CC5)cn4)c3NC=O)cc(F)c2[nH]1. The molecule has 0 bridgehead atoms. The molecular weight excluding hydrogens is 1790 g/mol. The van der Waals surface area contributed by atoms with Crippen LogP contribution in [-0.4, -0.2) is 223 Å². The molecule has 0 spiro atoms. The van der Waals surface area contributed by atoms with Gasteiger partial charge >= 0.3 is 0 Å². The minimum Gasteiger partial charge on any atom is -0.436 e. The fourth-order valence-corrected chi connectivity index (χ4v) is 16.4. The third-order valence-corrected chi connectivity index (χ3v) is 23.7. The molecule has 4 fully saturated rings. The summed E-state index contributed by atoms with van der Waals surface area (Å²) in [5, 5.41) is 20.6. The predicted octanol–water partition coefficient (Wildman–Crippen LogP) is 16.4. The second kappa shape index (κ2) is 42.4. The molecule has 4 aromatic carbocycles. The molecule has 34 nitrogen and oxygen atoms in total. The number of nitrogens with zero attached hydrogens (tertiary/aromatic N) is 19. The van der Waals surface area contributed by atoms with E-state index < -0.39 is 46.5 Å². The Morgan fingerprint density at radius 2 is 0.732 bits per heavy atom. The second-order valence-corrected chi connectivity index (χ2v) is 33.3. The van der Waals surface area contributed by atoms with Gasteiger partial charge in [0.15, 0.2) is 69.5 Å². The summed E-state index contributed by atoms with van der Waals surface area (Å²) >= 11 is 0. The molecule has 14 aromatic rings. The van der Waals surface area contributed by atoms with Gasteiger partial charge in [-0.25, -0.2) is 85.0 Å². The number of benzene rings is 4. The van der Waals surface area contributed by atoms with E-state index in [0.717, 1.165) is 169 Å². The number of rotatable bonds is 25. The van der Waals surface area contributed by atoms with Gasteiger partial charge in [0.2, 0.25) is 36.3 Å². The standard InChI is InChI=1S/C25H26F2N8O2.C24H24F2N8O2.C24H24F2N6O.C23H22F2N6O/c1-3-34-6-8-35(9-7-34)16-4-5-20(28-12-16)33-24-23(31-14-36)25(30-13-29-24)37-19-11-18(26)22-17(21(19)27)10-15(2)32-22;1-14-9-16-20(26)18(10-17(25)21(16)31-14)36-24-22(30-13-35)23(28-12-29-24)32-19-4-3-15(11-27-19)34-7-5-33(2)6-8-34;1-15-9-17-18(10-15)24(26)20(11-19(17)25)33-23-12-22(28-14-29-23)30-21-4-3-16(13-27-21)32-7-5-31(2)6-8-32;1-14-8-16-17(9-14)23(25)19(10-18(16)24)32-22-11-21(28-13-29-22)30-20-3-2-15(12-27-20)31-6-4-26-5-7-31/h4-5,10-14,32H,3,6-9H2,1-2H3,(H,31,36)(H,28,29,30,33);3-4,9-13,31H,5-8H2,1-2H3,(H,30,35)(H,27,28,29,32);3-4,10-14H,5-9H2,1-2H3,(H,27,28,29,30);2-3,9-13,26H,4-8H2,1H3,(H,27,28,29,30). The molecule has 20 rings (SSSR count). The number of amides is 2. The van der Waals surface area contributed by atoms with Crippen LogP contribution in [0.5, 0.6) is 46.5 Å². The van der Waals surface area contributed by atoms with E-state index in [1.807, 2.05) is 62.6 Å². The summed E-state index contributed by atoms with van der Waals surface area (Å²) in [7, 11) is 4.22. The number of carbonyl (C=O) groups excluding carboxylic acids is 2. The van der Waals surface area contributed by atoms with Gasteiger partial charge in [0, 0.05) is 186 Å². The van der Waals surface area contributed by atoms with E-state index in [2.05, 4.69) is 162 Å². The van der Waals surface area contributed by atoms with Crippen molar-refractivity contribution < 1.29 is 63.7 Å². The molecule has 4 aliphatic heterocycles. The Bertz CT molecular complexity index is 6820. The monoisotopic (exact) mass is 1890 g/mol. The van der Waals surface area contributed by atoms with Crippen LogP contribution < -0.4 is 75.8 Å². The highest BCUT2D eigenvalue weighted by Gasteiger charge is 2.30. The van der Waals surface area contributed by atoms with Crippen LogP contribution in [0.25, 0.3) is 34.0 Å². The van der Waals surface area contributed by atoms with Crippen LogP contribution in [0.1, 0.15) is 54.4 Å². The first-order chi connectivity index (χ1) is 66.9. The van der Waals surface area contributed by atoms with Crippen LogP contribution in [0.2, 0.25) is 0 Å². The molecule has 10 aromatic heterocycles. The van der Waals surface area contributed by atoms with Gasteiger partial charge in [0.25, 0.3) is 0 Å². The van der Waals surface area contributed by atoms with Crippen molar-refractivity contribution in [2.75, 3.05) is 177 Å². The third-order valence-electron chi connectivity index (χ3n) is 23.7. The maximum atomic E-state index is 15.1. The largest absolute Gasteiger partial charge is 0.436 e. The lowest BCUT2D eigenvalue weighted by molar-refractivity contribution is -0.106. The van der Waals surface area contributed by atoms with Crippen molar-refractivity contribution in [1.29, 1.82) is 0 Å². The fraction of sp³-hybridized carbons (Fsp3) is 0.271. The quantitative estimate of drug-likeness (QED) is 0.0189. The smallest absolute Gasteiger partial charge is 0.248 e. The van der Waals surface area contributed by atoms with Gasteiger partial charge in [-0.15, -0.1) is 0 Å². The minimum atomic E-state index is -0.762. The van der Waals surface area contributed by atoms with Crippen molar-refractivity contribution in [2.24, 2.45) is 0 Å². The Hall–Kier alpha value is -15.8. The number of carbonyl (C=O) groups is 2. The van der Waals surface area contributed by atoms with Gasteiger partial charge in [-0.1, -0.05) is 30.2 Å². The zero-order chi connectivity index (χ0) is 96.2. The van der Waals surface area contributed by atoms with Crippen LogP contribution in [-0.2, 0) is 22.4 Å². The number of hydrogen-bond acceptors (Lipinski definition) is 30. The van der Waals surface area contributed by atoms with Crippen LogP contribution in [0.15, 0.2) is 158 Å². The summed E-state index contributed by atoms with van der Waals surface area (Å²) < 4.78 is 140. The van der Waals surface area contributed by atoms with E-state index in [4.69, 9.17) is 18.9 Å². The van der Waals surface area contributed by atoms with Crippen molar-refractivity contribution in [3.8, 4) is 46.5 Å². The second-order valence-electron chi connectivity index (χ2n) is 33.3. The number of H-pyrrole nitrogens is 2. The number of nitrogens with one attached hydrogen (secondary N) is 9. The first kappa shape index (κ1) is 94.0. The molecule has 14 heterocycles. The average Bonchev–Trinajstić information content (AvgIpc) is 1.62. The average molecular weight is 1890 g/mol. The van der Waals surface area contributed by atoms with Gasteiger partial charge in [-0.3, -0.25) is 9.59 Å². The lowest BCUT2D eigenvalue weighted by Crippen LogP contribution is -2.46. The van der Waals surface area contributed by atoms with E-state index in [1.165, 1.54) is 49.6 Å². The van der Waals surface area contributed by atoms with E-state index >= 15 is 8.78 Å². The summed E-state index contributed by atoms with van der Waals surface area (Å²) in [5.41, 5.74) is 8.49. The molecule has 2 amide bonds. The maximum Gasteiger partial charge on any atom is 0.248 e. The highest BCUT2D eigenvalue weighted by Crippen LogP contribution is 2.43. The molecule has 0 unspecified atom stereocenters. The molecule has 6 aliphatic rings. The van der Waals surface area contributed by atoms with Crippen LogP contribution in [0.3, 0.4) is 0 Å². The summed E-state index contributed by atoms with van der Waals surface area (Å²) in [6.45, 7) is 25.7. The molecule has 2 aliphatic carbocycles. The summed E-state index contributed by atoms with van der Waals surface area (Å²) in [4.78, 5) is 94.8. The summed E-state index contributed by atoms with van der Waals surface area (Å²) in [6.07, 6.45) is 17.0. The number of aryl methyl sites for hydroxylation is 2. The van der Waals surface area contributed by atoms with E-state index in [0.29, 0.717) is 83.1 Å². The van der Waals surface area contributed by atoms with Crippen molar-refractivity contribution >= 4 is 127 Å². The molecule has 42 heteroatoms. The van der Waals surface area contributed by atoms with Gasteiger partial charge in [0.1, 0.15) is 83.2 Å². The number of anilines is 14. The Morgan fingerprint density at radius 3 is 1.10 bits per heavy atom. The Balaban J connectivity index is 0.000000127. The number of aromatic amines is 2. The molecular formula is C96H96F8N28O6. The van der Waals surface area contributed by atoms with Crippen LogP contribution in [0.4, 0.5) is 116 Å². The molecule has 9 N–H and O–H groups in total. The first-order valence-corrected chi connectivity index (χ1v) is 44.4.